The van der Waals surface area contributed by atoms with Gasteiger partial charge in [0, 0.05) is 40.8 Å². The fourth-order valence-electron chi connectivity index (χ4n) is 2.18. The molecule has 1 fully saturated rings. The topological polar surface area (TPSA) is 29.3 Å². The number of hydrogen-bond donors (Lipinski definition) is 1. The molecule has 18 heavy (non-hydrogen) atoms. The van der Waals surface area contributed by atoms with Gasteiger partial charge in [0.25, 0.3) is 0 Å². The van der Waals surface area contributed by atoms with Crippen LogP contribution >= 0.6 is 23.4 Å². The normalized spacial score (nSPS) is 19.7. The first-order valence-corrected chi connectivity index (χ1v) is 7.75. The molecule has 1 aliphatic rings. The van der Waals surface area contributed by atoms with E-state index in [-0.39, 0.29) is 0 Å². The minimum Gasteiger partial charge on any atom is -0.371 e. The highest BCUT2D eigenvalue weighted by Crippen LogP contribution is 2.33. The summed E-state index contributed by atoms with van der Waals surface area (Å²) in [4.78, 5) is 2.42. The van der Waals surface area contributed by atoms with Crippen molar-refractivity contribution >= 4 is 29.1 Å². The Morgan fingerprint density at radius 3 is 2.83 bits per heavy atom. The molecule has 0 radical (unpaired) electrons. The Hall–Kier alpha value is -0.380. The Morgan fingerprint density at radius 2 is 2.17 bits per heavy atom. The van der Waals surface area contributed by atoms with Gasteiger partial charge in [0.2, 0.25) is 0 Å². The van der Waals surface area contributed by atoms with Gasteiger partial charge in [-0.15, -0.1) is 0 Å². The monoisotopic (exact) mass is 284 g/mol. The fourth-order valence-corrected chi connectivity index (χ4v) is 3.53. The number of nitrogens with two attached hydrogens (primary N) is 1. The SMILES string of the molecule is CC1(C)CCN(c2ccc(CN)c(Cl)c2)CCS1. The third kappa shape index (κ3) is 3.34. The van der Waals surface area contributed by atoms with E-state index in [0.717, 1.165) is 23.7 Å². The first kappa shape index (κ1) is 14.0. The molecule has 0 unspecified atom stereocenters. The van der Waals surface area contributed by atoms with Crippen LogP contribution in [-0.4, -0.2) is 23.6 Å². The predicted octanol–water partition coefficient (Wildman–Crippen LogP) is 3.52. The Bertz CT molecular complexity index is 420. The van der Waals surface area contributed by atoms with Crippen LogP contribution in [0.15, 0.2) is 18.2 Å². The zero-order valence-electron chi connectivity index (χ0n) is 11.1. The van der Waals surface area contributed by atoms with Crippen LogP contribution in [0.5, 0.6) is 0 Å². The molecule has 0 saturated carbocycles. The fraction of sp³-hybridized carbons (Fsp3) is 0.571. The number of thioether (sulfide) groups is 1. The van der Waals surface area contributed by atoms with Crippen molar-refractivity contribution in [2.75, 3.05) is 23.7 Å². The van der Waals surface area contributed by atoms with E-state index in [1.165, 1.54) is 17.9 Å². The smallest absolute Gasteiger partial charge is 0.0471 e. The van der Waals surface area contributed by atoms with Crippen LogP contribution in [0.25, 0.3) is 0 Å². The lowest BCUT2D eigenvalue weighted by atomic mass is 10.1. The molecular formula is C14H21ClN2S. The maximum Gasteiger partial charge on any atom is 0.0471 e. The molecular weight excluding hydrogens is 264 g/mol. The second-order valence-corrected chi connectivity index (χ2v) is 7.53. The van der Waals surface area contributed by atoms with Gasteiger partial charge in [0.15, 0.2) is 0 Å². The van der Waals surface area contributed by atoms with Gasteiger partial charge in [-0.1, -0.05) is 31.5 Å². The molecule has 1 saturated heterocycles. The molecule has 4 heteroatoms. The lowest BCUT2D eigenvalue weighted by Gasteiger charge is -2.24. The van der Waals surface area contributed by atoms with Crippen molar-refractivity contribution in [1.29, 1.82) is 0 Å². The molecule has 2 N–H and O–H groups in total. The van der Waals surface area contributed by atoms with Crippen LogP contribution < -0.4 is 10.6 Å². The molecule has 1 heterocycles. The highest BCUT2D eigenvalue weighted by molar-refractivity contribution is 8.00. The zero-order valence-corrected chi connectivity index (χ0v) is 12.7. The third-order valence-corrected chi connectivity index (χ3v) is 5.18. The van der Waals surface area contributed by atoms with Crippen LogP contribution in [0.3, 0.4) is 0 Å². The van der Waals surface area contributed by atoms with Crippen LogP contribution in [-0.2, 0) is 6.54 Å². The number of hydrogen-bond acceptors (Lipinski definition) is 3. The Morgan fingerprint density at radius 1 is 1.39 bits per heavy atom. The van der Waals surface area contributed by atoms with E-state index in [1.807, 2.05) is 12.1 Å². The van der Waals surface area contributed by atoms with Crippen molar-refractivity contribution in [2.24, 2.45) is 5.73 Å². The second-order valence-electron chi connectivity index (χ2n) is 5.33. The van der Waals surface area contributed by atoms with Crippen LogP contribution in [0.2, 0.25) is 5.02 Å². The zero-order chi connectivity index (χ0) is 13.2. The summed E-state index contributed by atoms with van der Waals surface area (Å²) in [6, 6.07) is 6.23. The predicted molar refractivity (Wildman–Crippen MR) is 82.7 cm³/mol. The number of rotatable bonds is 2. The molecule has 0 atom stereocenters. The molecule has 0 aromatic heterocycles. The molecule has 2 nitrogen and oxygen atoms in total. The van der Waals surface area contributed by atoms with Crippen molar-refractivity contribution in [1.82, 2.24) is 0 Å². The number of benzene rings is 1. The summed E-state index contributed by atoms with van der Waals surface area (Å²) in [5.74, 6) is 1.17. The van der Waals surface area contributed by atoms with Crippen LogP contribution in [0.4, 0.5) is 5.69 Å². The van der Waals surface area contributed by atoms with Gasteiger partial charge in [-0.25, -0.2) is 0 Å². The quantitative estimate of drug-likeness (QED) is 0.901. The summed E-state index contributed by atoms with van der Waals surface area (Å²) >= 11 is 8.29. The standard InChI is InChI=1S/C14H21ClN2S/c1-14(2)5-6-17(7-8-18-14)12-4-3-11(10-16)13(15)9-12/h3-4,9H,5-8,10,16H2,1-2H3. The first-order chi connectivity index (χ1) is 8.52. The van der Waals surface area contributed by atoms with Crippen molar-refractivity contribution in [3.63, 3.8) is 0 Å². The molecule has 2 rings (SSSR count). The molecule has 0 bridgehead atoms. The maximum absolute atomic E-state index is 6.23. The summed E-state index contributed by atoms with van der Waals surface area (Å²) in [6.45, 7) is 7.34. The van der Waals surface area contributed by atoms with Gasteiger partial charge in [-0.3, -0.25) is 0 Å². The van der Waals surface area contributed by atoms with Gasteiger partial charge in [0.05, 0.1) is 0 Å². The third-order valence-electron chi connectivity index (χ3n) is 3.46. The first-order valence-electron chi connectivity index (χ1n) is 6.39. The van der Waals surface area contributed by atoms with E-state index in [4.69, 9.17) is 17.3 Å². The Balaban J connectivity index is 2.14. The number of anilines is 1. The molecule has 1 aliphatic heterocycles. The minimum atomic E-state index is 0.385. The van der Waals surface area contributed by atoms with Gasteiger partial charge < -0.3 is 10.6 Å². The van der Waals surface area contributed by atoms with Crippen molar-refractivity contribution in [2.45, 2.75) is 31.6 Å². The van der Waals surface area contributed by atoms with Crippen molar-refractivity contribution < 1.29 is 0 Å². The van der Waals surface area contributed by atoms with Crippen LogP contribution in [0.1, 0.15) is 25.8 Å². The molecule has 1 aromatic rings. The lowest BCUT2D eigenvalue weighted by Crippen LogP contribution is -2.26. The highest BCUT2D eigenvalue weighted by atomic mass is 35.5. The summed E-state index contributed by atoms with van der Waals surface area (Å²) in [5.41, 5.74) is 7.87. The van der Waals surface area contributed by atoms with E-state index in [2.05, 4.69) is 36.6 Å². The number of halogens is 1. The summed E-state index contributed by atoms with van der Waals surface area (Å²) < 4.78 is 0.385. The maximum atomic E-state index is 6.23. The van der Waals surface area contributed by atoms with Gasteiger partial charge >= 0.3 is 0 Å². The summed E-state index contributed by atoms with van der Waals surface area (Å²) in [6.07, 6.45) is 1.20. The molecule has 100 valence electrons. The largest absolute Gasteiger partial charge is 0.371 e. The van der Waals surface area contributed by atoms with Gasteiger partial charge in [-0.05, 0) is 24.1 Å². The van der Waals surface area contributed by atoms with E-state index in [1.54, 1.807) is 0 Å². The molecule has 0 spiro atoms. The average molecular weight is 285 g/mol. The minimum absolute atomic E-state index is 0.385. The van der Waals surface area contributed by atoms with Crippen molar-refractivity contribution in [3.05, 3.63) is 28.8 Å². The average Bonchev–Trinajstić information content (AvgIpc) is 2.50. The van der Waals surface area contributed by atoms with Gasteiger partial charge in [-0.2, -0.15) is 11.8 Å². The van der Waals surface area contributed by atoms with Crippen molar-refractivity contribution in [3.8, 4) is 0 Å². The number of nitrogens with zero attached hydrogens (tertiary/aromatic N) is 1. The molecule has 0 aliphatic carbocycles. The highest BCUT2D eigenvalue weighted by Gasteiger charge is 2.23. The van der Waals surface area contributed by atoms with E-state index < -0.39 is 0 Å². The molecule has 0 amide bonds. The van der Waals surface area contributed by atoms with E-state index >= 15 is 0 Å². The second kappa shape index (κ2) is 5.72. The van der Waals surface area contributed by atoms with Crippen LogP contribution in [0, 0.1) is 0 Å². The summed E-state index contributed by atoms with van der Waals surface area (Å²) in [5, 5.41) is 0.783. The van der Waals surface area contributed by atoms with E-state index in [9.17, 15) is 0 Å². The Labute approximate surface area is 119 Å². The van der Waals surface area contributed by atoms with Gasteiger partial charge in [0.1, 0.15) is 0 Å². The Kier molecular flexibility index (Phi) is 4.46. The lowest BCUT2D eigenvalue weighted by molar-refractivity contribution is 0.638. The molecule has 1 aromatic carbocycles. The van der Waals surface area contributed by atoms with E-state index in [0.29, 0.717) is 11.3 Å². The summed E-state index contributed by atoms with van der Waals surface area (Å²) in [7, 11) is 0.